The van der Waals surface area contributed by atoms with E-state index in [1.54, 1.807) is 0 Å². The molecule has 0 spiro atoms. The summed E-state index contributed by atoms with van der Waals surface area (Å²) in [5.74, 6) is 0.692. The summed E-state index contributed by atoms with van der Waals surface area (Å²) >= 11 is 0. The standard InChI is InChI=1S/C10H13NO/c12-7-8-1-3-9(4-2-8)10-5-11-6-10/h1-4,10-12H,5-7H2. The molecule has 0 saturated carbocycles. The molecule has 0 amide bonds. The van der Waals surface area contributed by atoms with Gasteiger partial charge < -0.3 is 10.4 Å². The Hall–Kier alpha value is -0.860. The maximum Gasteiger partial charge on any atom is 0.0681 e. The van der Waals surface area contributed by atoms with Crippen molar-refractivity contribution < 1.29 is 5.11 Å². The Morgan fingerprint density at radius 2 is 1.92 bits per heavy atom. The highest BCUT2D eigenvalue weighted by Gasteiger charge is 2.17. The zero-order valence-electron chi connectivity index (χ0n) is 6.96. The second-order valence-corrected chi connectivity index (χ2v) is 3.25. The van der Waals surface area contributed by atoms with E-state index in [9.17, 15) is 0 Å². The van der Waals surface area contributed by atoms with Crippen LogP contribution in [0.3, 0.4) is 0 Å². The molecule has 2 N–H and O–H groups in total. The van der Waals surface area contributed by atoms with E-state index >= 15 is 0 Å². The highest BCUT2D eigenvalue weighted by molar-refractivity contribution is 5.26. The zero-order chi connectivity index (χ0) is 8.39. The molecule has 1 aliphatic heterocycles. The molecule has 0 aliphatic carbocycles. The summed E-state index contributed by atoms with van der Waals surface area (Å²) in [6, 6.07) is 8.20. The average molecular weight is 163 g/mol. The summed E-state index contributed by atoms with van der Waals surface area (Å²) in [5, 5.41) is 12.1. The summed E-state index contributed by atoms with van der Waals surface area (Å²) in [6.45, 7) is 2.33. The van der Waals surface area contributed by atoms with Crippen molar-refractivity contribution in [1.29, 1.82) is 0 Å². The third-order valence-electron chi connectivity index (χ3n) is 2.42. The third kappa shape index (κ3) is 1.36. The quantitative estimate of drug-likeness (QED) is 0.678. The first-order valence-electron chi connectivity index (χ1n) is 4.30. The summed E-state index contributed by atoms with van der Waals surface area (Å²) in [4.78, 5) is 0. The van der Waals surface area contributed by atoms with Gasteiger partial charge in [-0.25, -0.2) is 0 Å². The van der Waals surface area contributed by atoms with Crippen molar-refractivity contribution in [1.82, 2.24) is 5.32 Å². The predicted molar refractivity (Wildman–Crippen MR) is 48.0 cm³/mol. The van der Waals surface area contributed by atoms with Crippen molar-refractivity contribution in [3.63, 3.8) is 0 Å². The van der Waals surface area contributed by atoms with Gasteiger partial charge in [0.05, 0.1) is 6.61 Å². The van der Waals surface area contributed by atoms with Gasteiger partial charge in [-0.2, -0.15) is 0 Å². The summed E-state index contributed by atoms with van der Waals surface area (Å²) < 4.78 is 0. The Labute approximate surface area is 72.2 Å². The first kappa shape index (κ1) is 7.77. The van der Waals surface area contributed by atoms with E-state index in [1.165, 1.54) is 5.56 Å². The minimum Gasteiger partial charge on any atom is -0.392 e. The van der Waals surface area contributed by atoms with Crippen molar-refractivity contribution in [2.75, 3.05) is 13.1 Å². The smallest absolute Gasteiger partial charge is 0.0681 e. The van der Waals surface area contributed by atoms with Crippen LogP contribution in [-0.2, 0) is 6.61 Å². The fraction of sp³-hybridized carbons (Fsp3) is 0.400. The van der Waals surface area contributed by atoms with E-state index in [1.807, 2.05) is 12.1 Å². The van der Waals surface area contributed by atoms with Crippen LogP contribution >= 0.6 is 0 Å². The van der Waals surface area contributed by atoms with Gasteiger partial charge in [-0.3, -0.25) is 0 Å². The highest BCUT2D eigenvalue weighted by Crippen LogP contribution is 2.19. The summed E-state index contributed by atoms with van der Waals surface area (Å²) in [5.41, 5.74) is 2.37. The van der Waals surface area contributed by atoms with Gasteiger partial charge in [-0.05, 0) is 11.1 Å². The van der Waals surface area contributed by atoms with Crippen LogP contribution in [0.25, 0.3) is 0 Å². The van der Waals surface area contributed by atoms with Crippen LogP contribution < -0.4 is 5.32 Å². The molecule has 1 aliphatic rings. The van der Waals surface area contributed by atoms with E-state index in [2.05, 4.69) is 17.4 Å². The lowest BCUT2D eigenvalue weighted by molar-refractivity contribution is 0.282. The number of rotatable bonds is 2. The third-order valence-corrected chi connectivity index (χ3v) is 2.42. The number of aliphatic hydroxyl groups is 1. The number of nitrogens with one attached hydrogen (secondary N) is 1. The minimum atomic E-state index is 0.142. The van der Waals surface area contributed by atoms with Crippen LogP contribution in [0.1, 0.15) is 17.0 Å². The monoisotopic (exact) mass is 163 g/mol. The largest absolute Gasteiger partial charge is 0.392 e. The summed E-state index contributed by atoms with van der Waals surface area (Å²) in [6.07, 6.45) is 0. The Morgan fingerprint density at radius 3 is 2.33 bits per heavy atom. The molecule has 0 bridgehead atoms. The Kier molecular flexibility index (Phi) is 2.11. The van der Waals surface area contributed by atoms with E-state index in [0.717, 1.165) is 18.7 Å². The van der Waals surface area contributed by atoms with Crippen molar-refractivity contribution >= 4 is 0 Å². The van der Waals surface area contributed by atoms with Gasteiger partial charge in [0.1, 0.15) is 0 Å². The Bertz CT molecular complexity index is 251. The van der Waals surface area contributed by atoms with Gasteiger partial charge >= 0.3 is 0 Å². The van der Waals surface area contributed by atoms with Gasteiger partial charge in [0.25, 0.3) is 0 Å². The molecule has 12 heavy (non-hydrogen) atoms. The topological polar surface area (TPSA) is 32.3 Å². The maximum absolute atomic E-state index is 8.83. The highest BCUT2D eigenvalue weighted by atomic mass is 16.3. The first-order valence-corrected chi connectivity index (χ1v) is 4.30. The molecule has 0 unspecified atom stereocenters. The fourth-order valence-corrected chi connectivity index (χ4v) is 1.42. The lowest BCUT2D eigenvalue weighted by atomic mass is 9.93. The molecular formula is C10H13NO. The fourth-order valence-electron chi connectivity index (χ4n) is 1.42. The molecule has 0 atom stereocenters. The average Bonchev–Trinajstić information content (AvgIpc) is 2.03. The van der Waals surface area contributed by atoms with Gasteiger partial charge in [0.2, 0.25) is 0 Å². The molecule has 1 saturated heterocycles. The lowest BCUT2D eigenvalue weighted by Crippen LogP contribution is -2.39. The predicted octanol–water partition coefficient (Wildman–Crippen LogP) is 0.866. The lowest BCUT2D eigenvalue weighted by Gasteiger charge is -2.27. The van der Waals surface area contributed by atoms with Crippen molar-refractivity contribution in [2.45, 2.75) is 12.5 Å². The van der Waals surface area contributed by atoms with Crippen LogP contribution in [0.2, 0.25) is 0 Å². The van der Waals surface area contributed by atoms with Crippen LogP contribution in [-0.4, -0.2) is 18.2 Å². The van der Waals surface area contributed by atoms with Crippen molar-refractivity contribution in [3.05, 3.63) is 35.4 Å². The van der Waals surface area contributed by atoms with Gasteiger partial charge in [-0.15, -0.1) is 0 Å². The molecule has 1 heterocycles. The number of hydrogen-bond donors (Lipinski definition) is 2. The number of benzene rings is 1. The molecule has 2 heteroatoms. The van der Waals surface area contributed by atoms with Crippen LogP contribution in [0.5, 0.6) is 0 Å². The molecule has 1 aromatic rings. The molecule has 1 fully saturated rings. The zero-order valence-corrected chi connectivity index (χ0v) is 6.96. The second kappa shape index (κ2) is 3.25. The summed E-state index contributed by atoms with van der Waals surface area (Å²) in [7, 11) is 0. The van der Waals surface area contributed by atoms with E-state index < -0.39 is 0 Å². The van der Waals surface area contributed by atoms with Crippen molar-refractivity contribution in [3.8, 4) is 0 Å². The van der Waals surface area contributed by atoms with Gasteiger partial charge in [0.15, 0.2) is 0 Å². The van der Waals surface area contributed by atoms with E-state index in [4.69, 9.17) is 5.11 Å². The Morgan fingerprint density at radius 1 is 1.25 bits per heavy atom. The molecule has 0 aromatic heterocycles. The van der Waals surface area contributed by atoms with Gasteiger partial charge in [0, 0.05) is 19.0 Å². The maximum atomic E-state index is 8.83. The molecule has 2 rings (SSSR count). The normalized spacial score (nSPS) is 17.4. The minimum absolute atomic E-state index is 0.142. The van der Waals surface area contributed by atoms with E-state index in [-0.39, 0.29) is 6.61 Å². The SMILES string of the molecule is OCc1ccc(C2CNC2)cc1. The van der Waals surface area contributed by atoms with Crippen LogP contribution in [0.15, 0.2) is 24.3 Å². The van der Waals surface area contributed by atoms with Gasteiger partial charge in [-0.1, -0.05) is 24.3 Å². The molecule has 64 valence electrons. The number of aliphatic hydroxyl groups excluding tert-OH is 1. The second-order valence-electron chi connectivity index (χ2n) is 3.25. The number of hydrogen-bond acceptors (Lipinski definition) is 2. The van der Waals surface area contributed by atoms with Crippen molar-refractivity contribution in [2.24, 2.45) is 0 Å². The molecule has 2 nitrogen and oxygen atoms in total. The molecule has 1 aromatic carbocycles. The van der Waals surface area contributed by atoms with Crippen LogP contribution in [0.4, 0.5) is 0 Å². The first-order chi connectivity index (χ1) is 5.90. The van der Waals surface area contributed by atoms with E-state index in [0.29, 0.717) is 5.92 Å². The molecule has 0 radical (unpaired) electrons. The molecular weight excluding hydrogens is 150 g/mol. The van der Waals surface area contributed by atoms with Crippen LogP contribution in [0, 0.1) is 0 Å². The Balaban J connectivity index is 2.13.